The second-order valence-corrected chi connectivity index (χ2v) is 6.91. The van der Waals surface area contributed by atoms with E-state index in [0.717, 1.165) is 33.8 Å². The SMILES string of the molecule is Cc1nn(-c2ccccc2)c(C)c1C(=O)NCc1ccc(-c2cccnc2)cc1. The maximum Gasteiger partial charge on any atom is 0.255 e. The molecule has 0 fully saturated rings. The van der Waals surface area contributed by atoms with E-state index in [-0.39, 0.29) is 5.91 Å². The lowest BCUT2D eigenvalue weighted by Gasteiger charge is -2.08. The summed E-state index contributed by atoms with van der Waals surface area (Å²) in [5, 5.41) is 7.57. The molecule has 0 aliphatic heterocycles. The molecule has 0 aliphatic carbocycles. The van der Waals surface area contributed by atoms with Crippen LogP contribution in [0.15, 0.2) is 79.1 Å². The highest BCUT2D eigenvalue weighted by Crippen LogP contribution is 2.20. The topological polar surface area (TPSA) is 59.8 Å². The predicted molar refractivity (Wildman–Crippen MR) is 114 cm³/mol. The number of rotatable bonds is 5. The van der Waals surface area contributed by atoms with Crippen LogP contribution in [0.25, 0.3) is 16.8 Å². The molecule has 0 aliphatic rings. The fraction of sp³-hybridized carbons (Fsp3) is 0.125. The molecule has 2 heterocycles. The van der Waals surface area contributed by atoms with Gasteiger partial charge in [-0.25, -0.2) is 4.68 Å². The van der Waals surface area contributed by atoms with Crippen molar-refractivity contribution in [1.82, 2.24) is 20.1 Å². The van der Waals surface area contributed by atoms with Gasteiger partial charge in [0, 0.05) is 18.9 Å². The number of hydrogen-bond donors (Lipinski definition) is 1. The summed E-state index contributed by atoms with van der Waals surface area (Å²) in [7, 11) is 0. The normalized spacial score (nSPS) is 10.7. The number of aryl methyl sites for hydroxylation is 1. The van der Waals surface area contributed by atoms with Crippen LogP contribution in [0, 0.1) is 13.8 Å². The highest BCUT2D eigenvalue weighted by atomic mass is 16.1. The molecule has 0 radical (unpaired) electrons. The van der Waals surface area contributed by atoms with Gasteiger partial charge in [0.05, 0.1) is 22.6 Å². The smallest absolute Gasteiger partial charge is 0.255 e. The van der Waals surface area contributed by atoms with Crippen LogP contribution in [-0.2, 0) is 6.54 Å². The summed E-state index contributed by atoms with van der Waals surface area (Å²) < 4.78 is 1.81. The number of amides is 1. The third-order valence-corrected chi connectivity index (χ3v) is 4.92. The molecule has 144 valence electrons. The Labute approximate surface area is 170 Å². The molecule has 0 bridgehead atoms. The Morgan fingerprint density at radius 2 is 1.69 bits per heavy atom. The van der Waals surface area contributed by atoms with Gasteiger partial charge in [-0.15, -0.1) is 0 Å². The summed E-state index contributed by atoms with van der Waals surface area (Å²) in [6, 6.07) is 21.9. The van der Waals surface area contributed by atoms with E-state index in [1.165, 1.54) is 0 Å². The molecule has 2 aromatic carbocycles. The van der Waals surface area contributed by atoms with Crippen LogP contribution in [0.5, 0.6) is 0 Å². The average molecular weight is 382 g/mol. The first-order chi connectivity index (χ1) is 14.1. The maximum absolute atomic E-state index is 12.8. The lowest BCUT2D eigenvalue weighted by atomic mass is 10.1. The van der Waals surface area contributed by atoms with E-state index in [0.29, 0.717) is 12.1 Å². The van der Waals surface area contributed by atoms with Crippen molar-refractivity contribution in [3.8, 4) is 16.8 Å². The lowest BCUT2D eigenvalue weighted by molar-refractivity contribution is 0.0949. The maximum atomic E-state index is 12.8. The van der Waals surface area contributed by atoms with Gasteiger partial charge in [0.25, 0.3) is 5.91 Å². The average Bonchev–Trinajstić information content (AvgIpc) is 3.07. The molecule has 0 spiro atoms. The van der Waals surface area contributed by atoms with Gasteiger partial charge in [-0.2, -0.15) is 5.10 Å². The summed E-state index contributed by atoms with van der Waals surface area (Å²) in [6.07, 6.45) is 3.60. The van der Waals surface area contributed by atoms with Crippen LogP contribution in [0.1, 0.15) is 27.3 Å². The molecule has 0 saturated heterocycles. The summed E-state index contributed by atoms with van der Waals surface area (Å²) in [5.41, 5.74) is 6.33. The van der Waals surface area contributed by atoms with Gasteiger partial charge in [-0.05, 0) is 48.7 Å². The molecule has 2 aromatic heterocycles. The molecular weight excluding hydrogens is 360 g/mol. The second-order valence-electron chi connectivity index (χ2n) is 6.91. The zero-order valence-electron chi connectivity index (χ0n) is 16.5. The van der Waals surface area contributed by atoms with E-state index in [1.54, 1.807) is 6.20 Å². The van der Waals surface area contributed by atoms with Crippen molar-refractivity contribution >= 4 is 5.91 Å². The van der Waals surface area contributed by atoms with Crippen molar-refractivity contribution in [2.24, 2.45) is 0 Å². The second kappa shape index (κ2) is 8.10. The van der Waals surface area contributed by atoms with Crippen LogP contribution >= 0.6 is 0 Å². The summed E-state index contributed by atoms with van der Waals surface area (Å²) >= 11 is 0. The molecule has 0 atom stereocenters. The first-order valence-electron chi connectivity index (χ1n) is 9.52. The number of benzene rings is 2. The van der Waals surface area contributed by atoms with Crippen molar-refractivity contribution in [2.75, 3.05) is 0 Å². The number of nitrogens with zero attached hydrogens (tertiary/aromatic N) is 3. The first-order valence-corrected chi connectivity index (χ1v) is 9.52. The molecule has 0 saturated carbocycles. The van der Waals surface area contributed by atoms with Gasteiger partial charge in [-0.1, -0.05) is 48.5 Å². The molecule has 4 rings (SSSR count). The zero-order chi connectivity index (χ0) is 20.2. The zero-order valence-corrected chi connectivity index (χ0v) is 16.5. The van der Waals surface area contributed by atoms with E-state index >= 15 is 0 Å². The summed E-state index contributed by atoms with van der Waals surface area (Å²) in [5.74, 6) is -0.112. The van der Waals surface area contributed by atoms with E-state index in [1.807, 2.05) is 91.5 Å². The standard InChI is InChI=1S/C24H22N4O/c1-17-23(18(2)28(27-17)22-8-4-3-5-9-22)24(29)26-15-19-10-12-20(13-11-19)21-7-6-14-25-16-21/h3-14,16H,15H2,1-2H3,(H,26,29). The number of pyridine rings is 1. The van der Waals surface area contributed by atoms with Crippen molar-refractivity contribution in [3.63, 3.8) is 0 Å². The minimum Gasteiger partial charge on any atom is -0.348 e. The van der Waals surface area contributed by atoms with Crippen molar-refractivity contribution in [1.29, 1.82) is 0 Å². The molecule has 1 amide bonds. The number of aromatic nitrogens is 3. The van der Waals surface area contributed by atoms with Crippen LogP contribution in [0.4, 0.5) is 0 Å². The fourth-order valence-corrected chi connectivity index (χ4v) is 3.41. The van der Waals surface area contributed by atoms with Crippen molar-refractivity contribution in [3.05, 3.63) is 102 Å². The Morgan fingerprint density at radius 3 is 2.38 bits per heavy atom. The van der Waals surface area contributed by atoms with E-state index in [2.05, 4.69) is 15.4 Å². The molecule has 0 unspecified atom stereocenters. The summed E-state index contributed by atoms with van der Waals surface area (Å²) in [6.45, 7) is 4.25. The Kier molecular flexibility index (Phi) is 5.20. The molecule has 1 N–H and O–H groups in total. The van der Waals surface area contributed by atoms with E-state index < -0.39 is 0 Å². The van der Waals surface area contributed by atoms with Crippen LogP contribution in [0.3, 0.4) is 0 Å². The third-order valence-electron chi connectivity index (χ3n) is 4.92. The number of hydrogen-bond acceptors (Lipinski definition) is 3. The minimum atomic E-state index is -0.112. The monoisotopic (exact) mass is 382 g/mol. The largest absolute Gasteiger partial charge is 0.348 e. The number of carbonyl (C=O) groups excluding carboxylic acids is 1. The molecule has 5 heteroatoms. The minimum absolute atomic E-state index is 0.112. The van der Waals surface area contributed by atoms with Crippen LogP contribution in [0.2, 0.25) is 0 Å². The quantitative estimate of drug-likeness (QED) is 0.554. The van der Waals surface area contributed by atoms with Gasteiger partial charge in [0.2, 0.25) is 0 Å². The first kappa shape index (κ1) is 18.6. The molecular formula is C24H22N4O. The van der Waals surface area contributed by atoms with Crippen molar-refractivity contribution in [2.45, 2.75) is 20.4 Å². The molecule has 4 aromatic rings. The summed E-state index contributed by atoms with van der Waals surface area (Å²) in [4.78, 5) is 17.0. The van der Waals surface area contributed by atoms with Gasteiger partial charge in [-0.3, -0.25) is 9.78 Å². The fourth-order valence-electron chi connectivity index (χ4n) is 3.41. The van der Waals surface area contributed by atoms with Gasteiger partial charge in [0.1, 0.15) is 0 Å². The Morgan fingerprint density at radius 1 is 0.931 bits per heavy atom. The van der Waals surface area contributed by atoms with Gasteiger partial charge < -0.3 is 5.32 Å². The van der Waals surface area contributed by atoms with Crippen LogP contribution < -0.4 is 5.32 Å². The Hall–Kier alpha value is -3.73. The van der Waals surface area contributed by atoms with Crippen molar-refractivity contribution < 1.29 is 4.79 Å². The molecule has 29 heavy (non-hydrogen) atoms. The Balaban J connectivity index is 1.47. The number of nitrogens with one attached hydrogen (secondary N) is 1. The highest BCUT2D eigenvalue weighted by molar-refractivity contribution is 5.96. The van der Waals surface area contributed by atoms with Gasteiger partial charge in [0.15, 0.2) is 0 Å². The number of carbonyl (C=O) groups is 1. The van der Waals surface area contributed by atoms with E-state index in [4.69, 9.17) is 0 Å². The van der Waals surface area contributed by atoms with Gasteiger partial charge >= 0.3 is 0 Å². The van der Waals surface area contributed by atoms with E-state index in [9.17, 15) is 4.79 Å². The van der Waals surface area contributed by atoms with Crippen LogP contribution in [-0.4, -0.2) is 20.7 Å². The predicted octanol–water partition coefficient (Wildman–Crippen LogP) is 4.48. The highest BCUT2D eigenvalue weighted by Gasteiger charge is 2.19. The lowest BCUT2D eigenvalue weighted by Crippen LogP contribution is -2.24. The molecule has 5 nitrogen and oxygen atoms in total. The number of para-hydroxylation sites is 1. The Bertz CT molecular complexity index is 1120. The third kappa shape index (κ3) is 3.94.